The van der Waals surface area contributed by atoms with Crippen LogP contribution in [0.15, 0.2) is 24.3 Å². The van der Waals surface area contributed by atoms with Gasteiger partial charge < -0.3 is 5.32 Å². The predicted octanol–water partition coefficient (Wildman–Crippen LogP) is 4.01. The molecule has 94 valence electrons. The molecule has 0 radical (unpaired) electrons. The van der Waals surface area contributed by atoms with Crippen LogP contribution in [-0.2, 0) is 0 Å². The van der Waals surface area contributed by atoms with Crippen molar-refractivity contribution < 1.29 is 4.79 Å². The summed E-state index contributed by atoms with van der Waals surface area (Å²) < 4.78 is 0. The van der Waals surface area contributed by atoms with Gasteiger partial charge in [-0.2, -0.15) is 0 Å². The lowest BCUT2D eigenvalue weighted by Crippen LogP contribution is -2.51. The number of benzene rings is 1. The maximum Gasteiger partial charge on any atom is 0.251 e. The smallest absolute Gasteiger partial charge is 0.251 e. The third kappa shape index (κ3) is 3.97. The molecule has 1 amide bonds. The molecule has 0 saturated heterocycles. The van der Waals surface area contributed by atoms with E-state index in [1.165, 1.54) is 0 Å². The number of alkyl halides is 2. The van der Waals surface area contributed by atoms with E-state index in [-0.39, 0.29) is 11.4 Å². The van der Waals surface area contributed by atoms with Gasteiger partial charge in [0.2, 0.25) is 0 Å². The Bertz CT molecular complexity index is 368. The highest BCUT2D eigenvalue weighted by molar-refractivity contribution is 9.09. The number of amides is 1. The van der Waals surface area contributed by atoms with Crippen LogP contribution in [0.1, 0.15) is 23.7 Å². The lowest BCUT2D eigenvalue weighted by Gasteiger charge is -2.30. The van der Waals surface area contributed by atoms with Crippen molar-refractivity contribution in [1.29, 1.82) is 0 Å². The van der Waals surface area contributed by atoms with Gasteiger partial charge in [-0.05, 0) is 30.7 Å². The van der Waals surface area contributed by atoms with Crippen molar-refractivity contribution in [1.82, 2.24) is 5.32 Å². The molecule has 17 heavy (non-hydrogen) atoms. The minimum Gasteiger partial charge on any atom is -0.345 e. The maximum atomic E-state index is 12.1. The van der Waals surface area contributed by atoms with Crippen molar-refractivity contribution in [3.8, 4) is 0 Å². The Morgan fingerprint density at radius 3 is 2.24 bits per heavy atom. The molecule has 0 atom stereocenters. The lowest BCUT2D eigenvalue weighted by molar-refractivity contribution is 0.0915. The first-order valence-corrected chi connectivity index (χ1v) is 7.89. The summed E-state index contributed by atoms with van der Waals surface area (Å²) in [4.78, 5) is 12.1. The first-order valence-electron chi connectivity index (χ1n) is 5.27. The number of halogens is 3. The van der Waals surface area contributed by atoms with Crippen molar-refractivity contribution >= 4 is 49.4 Å². The molecule has 2 nitrogen and oxygen atoms in total. The number of hydrogen-bond acceptors (Lipinski definition) is 1. The average Bonchev–Trinajstić information content (AvgIpc) is 2.37. The molecule has 0 aromatic heterocycles. The standard InChI is InChI=1S/C12H14Br2ClNO/c1-2-12(7-13,8-14)16-11(17)9-3-5-10(15)6-4-9/h3-6H,2,7-8H2,1H3,(H,16,17). The van der Waals surface area contributed by atoms with E-state index in [1.54, 1.807) is 24.3 Å². The van der Waals surface area contributed by atoms with Crippen molar-refractivity contribution in [3.63, 3.8) is 0 Å². The number of hydrogen-bond donors (Lipinski definition) is 1. The second-order valence-corrected chi connectivity index (χ2v) is 5.42. The van der Waals surface area contributed by atoms with Crippen LogP contribution in [0.4, 0.5) is 0 Å². The molecule has 0 aliphatic rings. The molecule has 5 heteroatoms. The molecule has 0 aliphatic carbocycles. The lowest BCUT2D eigenvalue weighted by atomic mass is 10.0. The Kier molecular flexibility index (Phi) is 5.97. The van der Waals surface area contributed by atoms with Gasteiger partial charge in [-0.3, -0.25) is 4.79 Å². The van der Waals surface area contributed by atoms with E-state index in [0.717, 1.165) is 6.42 Å². The first-order chi connectivity index (χ1) is 8.06. The van der Waals surface area contributed by atoms with E-state index in [1.807, 2.05) is 6.92 Å². The third-order valence-corrected chi connectivity index (χ3v) is 5.07. The van der Waals surface area contributed by atoms with Gasteiger partial charge in [0.25, 0.3) is 5.91 Å². The zero-order valence-electron chi connectivity index (χ0n) is 9.47. The molecule has 0 spiro atoms. The summed E-state index contributed by atoms with van der Waals surface area (Å²) in [5.41, 5.74) is 0.366. The fourth-order valence-corrected chi connectivity index (χ4v) is 3.42. The molecule has 1 aromatic carbocycles. The van der Waals surface area contributed by atoms with Crippen LogP contribution < -0.4 is 5.32 Å². The summed E-state index contributed by atoms with van der Waals surface area (Å²) in [5, 5.41) is 5.09. The molecule has 0 unspecified atom stereocenters. The Hall–Kier alpha value is -0.0600. The quantitative estimate of drug-likeness (QED) is 0.765. The molecular formula is C12H14Br2ClNO. The van der Waals surface area contributed by atoms with Crippen LogP contribution in [-0.4, -0.2) is 22.1 Å². The summed E-state index contributed by atoms with van der Waals surface area (Å²) in [7, 11) is 0. The van der Waals surface area contributed by atoms with Gasteiger partial charge in [-0.1, -0.05) is 50.4 Å². The fourth-order valence-electron chi connectivity index (χ4n) is 1.29. The van der Waals surface area contributed by atoms with Gasteiger partial charge in [0.1, 0.15) is 0 Å². The van der Waals surface area contributed by atoms with E-state index in [4.69, 9.17) is 11.6 Å². The van der Waals surface area contributed by atoms with Crippen molar-refractivity contribution in [2.45, 2.75) is 18.9 Å². The Morgan fingerprint density at radius 2 is 1.82 bits per heavy atom. The second kappa shape index (κ2) is 6.76. The summed E-state index contributed by atoms with van der Waals surface area (Å²) in [6, 6.07) is 6.87. The number of carbonyl (C=O) groups is 1. The van der Waals surface area contributed by atoms with Crippen LogP contribution in [0.3, 0.4) is 0 Å². The van der Waals surface area contributed by atoms with Crippen molar-refractivity contribution in [3.05, 3.63) is 34.9 Å². The van der Waals surface area contributed by atoms with Crippen molar-refractivity contribution in [2.24, 2.45) is 0 Å². The SMILES string of the molecule is CCC(CBr)(CBr)NC(=O)c1ccc(Cl)cc1. The third-order valence-electron chi connectivity index (χ3n) is 2.67. The summed E-state index contributed by atoms with van der Waals surface area (Å²) in [5.74, 6) is -0.0811. The Balaban J connectivity index is 2.81. The van der Waals surface area contributed by atoms with E-state index in [2.05, 4.69) is 37.2 Å². The molecule has 0 saturated carbocycles. The van der Waals surface area contributed by atoms with Crippen LogP contribution in [0.25, 0.3) is 0 Å². The number of nitrogens with one attached hydrogen (secondary N) is 1. The van der Waals surface area contributed by atoms with E-state index >= 15 is 0 Å². The fraction of sp³-hybridized carbons (Fsp3) is 0.417. The number of carbonyl (C=O) groups excluding carboxylic acids is 1. The van der Waals surface area contributed by atoms with Crippen LogP contribution in [0, 0.1) is 0 Å². The summed E-state index contributed by atoms with van der Waals surface area (Å²) in [6.45, 7) is 2.05. The topological polar surface area (TPSA) is 29.1 Å². The predicted molar refractivity (Wildman–Crippen MR) is 79.5 cm³/mol. The first kappa shape index (κ1) is 15.0. The maximum absolute atomic E-state index is 12.1. The monoisotopic (exact) mass is 381 g/mol. The molecule has 0 heterocycles. The minimum atomic E-state index is -0.253. The van der Waals surface area contributed by atoms with Gasteiger partial charge in [-0.25, -0.2) is 0 Å². The van der Waals surface area contributed by atoms with Gasteiger partial charge in [-0.15, -0.1) is 0 Å². The van der Waals surface area contributed by atoms with Crippen molar-refractivity contribution in [2.75, 3.05) is 10.7 Å². The summed E-state index contributed by atoms with van der Waals surface area (Å²) >= 11 is 12.7. The normalized spacial score (nSPS) is 11.3. The van der Waals surface area contributed by atoms with Crippen LogP contribution in [0.2, 0.25) is 5.02 Å². The summed E-state index contributed by atoms with van der Waals surface area (Å²) in [6.07, 6.45) is 0.850. The average molecular weight is 384 g/mol. The highest BCUT2D eigenvalue weighted by Crippen LogP contribution is 2.18. The molecule has 1 rings (SSSR count). The minimum absolute atomic E-state index is 0.0811. The molecule has 0 fully saturated rings. The van der Waals surface area contributed by atoms with Gasteiger partial charge in [0.15, 0.2) is 0 Å². The van der Waals surface area contributed by atoms with E-state index in [0.29, 0.717) is 21.2 Å². The van der Waals surface area contributed by atoms with Gasteiger partial charge in [0, 0.05) is 21.2 Å². The molecule has 1 aromatic rings. The highest BCUT2D eigenvalue weighted by Gasteiger charge is 2.27. The van der Waals surface area contributed by atoms with E-state index < -0.39 is 0 Å². The molecule has 0 aliphatic heterocycles. The molecular weight excluding hydrogens is 369 g/mol. The largest absolute Gasteiger partial charge is 0.345 e. The zero-order chi connectivity index (χ0) is 12.9. The second-order valence-electron chi connectivity index (χ2n) is 3.86. The number of rotatable bonds is 5. The van der Waals surface area contributed by atoms with Gasteiger partial charge >= 0.3 is 0 Å². The molecule has 0 bridgehead atoms. The zero-order valence-corrected chi connectivity index (χ0v) is 13.4. The highest BCUT2D eigenvalue weighted by atomic mass is 79.9. The van der Waals surface area contributed by atoms with Crippen LogP contribution >= 0.6 is 43.5 Å². The van der Waals surface area contributed by atoms with Gasteiger partial charge in [0.05, 0.1) is 5.54 Å². The Morgan fingerprint density at radius 1 is 1.29 bits per heavy atom. The Labute approximate surface area is 123 Å². The molecule has 1 N–H and O–H groups in total. The van der Waals surface area contributed by atoms with E-state index in [9.17, 15) is 4.79 Å². The van der Waals surface area contributed by atoms with Crippen LogP contribution in [0.5, 0.6) is 0 Å².